The SMILES string of the molecule is O=C1CC(=O)N(c2c(Cl)cc(F)cc2Br)C(=O)N1. The lowest BCUT2D eigenvalue weighted by molar-refractivity contribution is -0.128. The van der Waals surface area contributed by atoms with Gasteiger partial charge in [0.05, 0.1) is 10.7 Å². The Morgan fingerprint density at radius 3 is 2.56 bits per heavy atom. The zero-order valence-corrected chi connectivity index (χ0v) is 11.0. The van der Waals surface area contributed by atoms with E-state index in [2.05, 4.69) is 15.9 Å². The average molecular weight is 336 g/mol. The quantitative estimate of drug-likeness (QED) is 0.800. The zero-order chi connectivity index (χ0) is 13.4. The molecule has 1 saturated heterocycles. The molecular formula is C10H5BrClFN2O3. The van der Waals surface area contributed by atoms with Crippen LogP contribution in [0.4, 0.5) is 14.9 Å². The molecule has 18 heavy (non-hydrogen) atoms. The average Bonchev–Trinajstić information content (AvgIpc) is 2.20. The van der Waals surface area contributed by atoms with Gasteiger partial charge in [-0.3, -0.25) is 14.9 Å². The van der Waals surface area contributed by atoms with Crippen molar-refractivity contribution in [2.24, 2.45) is 0 Å². The summed E-state index contributed by atoms with van der Waals surface area (Å²) >= 11 is 8.83. The van der Waals surface area contributed by atoms with Gasteiger partial charge in [0.2, 0.25) is 11.8 Å². The molecule has 1 N–H and O–H groups in total. The highest BCUT2D eigenvalue weighted by molar-refractivity contribution is 9.10. The monoisotopic (exact) mass is 334 g/mol. The molecule has 1 heterocycles. The van der Waals surface area contributed by atoms with Crippen molar-refractivity contribution in [1.82, 2.24) is 5.32 Å². The summed E-state index contributed by atoms with van der Waals surface area (Å²) in [4.78, 5) is 35.0. The van der Waals surface area contributed by atoms with Crippen LogP contribution in [-0.2, 0) is 9.59 Å². The van der Waals surface area contributed by atoms with E-state index in [0.29, 0.717) is 4.90 Å². The summed E-state index contributed by atoms with van der Waals surface area (Å²) in [6, 6.07) is 1.13. The maximum Gasteiger partial charge on any atom is 0.335 e. The Bertz CT molecular complexity index is 535. The van der Waals surface area contributed by atoms with Gasteiger partial charge in [-0.05, 0) is 28.1 Å². The predicted molar refractivity (Wildman–Crippen MR) is 64.8 cm³/mol. The maximum atomic E-state index is 13.1. The molecule has 1 aliphatic rings. The second-order valence-electron chi connectivity index (χ2n) is 3.48. The third kappa shape index (κ3) is 2.23. The van der Waals surface area contributed by atoms with E-state index in [1.54, 1.807) is 0 Å². The highest BCUT2D eigenvalue weighted by Gasteiger charge is 2.34. The van der Waals surface area contributed by atoms with Crippen LogP contribution in [0.3, 0.4) is 0 Å². The van der Waals surface area contributed by atoms with Crippen LogP contribution in [-0.4, -0.2) is 17.8 Å². The summed E-state index contributed by atoms with van der Waals surface area (Å²) in [5.41, 5.74) is 0.00747. The second-order valence-corrected chi connectivity index (χ2v) is 4.74. The highest BCUT2D eigenvalue weighted by atomic mass is 79.9. The van der Waals surface area contributed by atoms with Crippen LogP contribution >= 0.6 is 27.5 Å². The van der Waals surface area contributed by atoms with Crippen LogP contribution in [0.2, 0.25) is 5.02 Å². The van der Waals surface area contributed by atoms with E-state index >= 15 is 0 Å². The number of carbonyl (C=O) groups excluding carboxylic acids is 3. The molecule has 0 spiro atoms. The third-order valence-corrected chi connectivity index (χ3v) is 3.11. The van der Waals surface area contributed by atoms with Gasteiger partial charge in [0.1, 0.15) is 12.2 Å². The van der Waals surface area contributed by atoms with E-state index < -0.39 is 30.1 Å². The van der Waals surface area contributed by atoms with Gasteiger partial charge in [-0.25, -0.2) is 14.1 Å². The van der Waals surface area contributed by atoms with Gasteiger partial charge in [-0.2, -0.15) is 0 Å². The Balaban J connectivity index is 2.52. The molecular weight excluding hydrogens is 330 g/mol. The van der Waals surface area contributed by atoms with E-state index in [1.807, 2.05) is 5.32 Å². The van der Waals surface area contributed by atoms with Crippen LogP contribution in [0.25, 0.3) is 0 Å². The number of halogens is 3. The first kappa shape index (κ1) is 13.0. The van der Waals surface area contributed by atoms with E-state index in [-0.39, 0.29) is 15.2 Å². The third-order valence-electron chi connectivity index (χ3n) is 2.22. The van der Waals surface area contributed by atoms with Gasteiger partial charge >= 0.3 is 6.03 Å². The fourth-order valence-electron chi connectivity index (χ4n) is 1.52. The first-order valence-electron chi connectivity index (χ1n) is 4.71. The summed E-state index contributed by atoms with van der Waals surface area (Å²) in [7, 11) is 0. The lowest BCUT2D eigenvalue weighted by Crippen LogP contribution is -2.53. The zero-order valence-electron chi connectivity index (χ0n) is 8.67. The van der Waals surface area contributed by atoms with Crippen molar-refractivity contribution in [1.29, 1.82) is 0 Å². The molecule has 1 aliphatic heterocycles. The highest BCUT2D eigenvalue weighted by Crippen LogP contribution is 2.36. The van der Waals surface area contributed by atoms with E-state index in [4.69, 9.17) is 11.6 Å². The molecule has 1 fully saturated rings. The van der Waals surface area contributed by atoms with E-state index in [1.165, 1.54) is 0 Å². The lowest BCUT2D eigenvalue weighted by Gasteiger charge is -2.26. The van der Waals surface area contributed by atoms with Gasteiger partial charge < -0.3 is 0 Å². The van der Waals surface area contributed by atoms with Crippen LogP contribution in [0.5, 0.6) is 0 Å². The molecule has 0 unspecified atom stereocenters. The molecule has 0 saturated carbocycles. The molecule has 4 amide bonds. The van der Waals surface area contributed by atoms with Crippen molar-refractivity contribution in [3.05, 3.63) is 27.4 Å². The van der Waals surface area contributed by atoms with Crippen molar-refractivity contribution < 1.29 is 18.8 Å². The second kappa shape index (κ2) is 4.66. The van der Waals surface area contributed by atoms with Crippen LogP contribution < -0.4 is 10.2 Å². The summed E-state index contributed by atoms with van der Waals surface area (Å²) in [6.45, 7) is 0. The number of nitrogens with zero attached hydrogens (tertiary/aromatic N) is 1. The Morgan fingerprint density at radius 1 is 1.33 bits per heavy atom. The summed E-state index contributed by atoms with van der Waals surface area (Å²) in [5.74, 6) is -2.02. The number of anilines is 1. The Labute approximate surface area is 114 Å². The lowest BCUT2D eigenvalue weighted by atomic mass is 10.2. The first-order valence-corrected chi connectivity index (χ1v) is 5.88. The van der Waals surface area contributed by atoms with Gasteiger partial charge in [-0.1, -0.05) is 11.6 Å². The standard InChI is InChI=1S/C10H5BrClFN2O3/c11-5-1-4(13)2-6(12)9(5)15-8(17)3-7(16)14-10(15)18/h1-2H,3H2,(H,14,16,18). The molecule has 1 aromatic rings. The minimum atomic E-state index is -0.912. The predicted octanol–water partition coefficient (Wildman–Crippen LogP) is 2.21. The van der Waals surface area contributed by atoms with Crippen LogP contribution in [0.1, 0.15) is 6.42 Å². The van der Waals surface area contributed by atoms with Crippen LogP contribution in [0, 0.1) is 5.82 Å². The molecule has 0 aromatic heterocycles. The molecule has 1 aromatic carbocycles. The van der Waals surface area contributed by atoms with Crippen molar-refractivity contribution in [3.8, 4) is 0 Å². The Morgan fingerprint density at radius 2 is 2.00 bits per heavy atom. The molecule has 8 heteroatoms. The molecule has 94 valence electrons. The topological polar surface area (TPSA) is 66.5 Å². The number of hydrogen-bond donors (Lipinski definition) is 1. The molecule has 0 aliphatic carbocycles. The van der Waals surface area contributed by atoms with Gasteiger partial charge in [0.15, 0.2) is 0 Å². The fourth-order valence-corrected chi connectivity index (χ4v) is 2.54. The number of benzene rings is 1. The number of carbonyl (C=O) groups is 3. The van der Waals surface area contributed by atoms with Crippen molar-refractivity contribution in [2.75, 3.05) is 4.90 Å². The Hall–Kier alpha value is -1.47. The molecule has 5 nitrogen and oxygen atoms in total. The maximum absolute atomic E-state index is 13.1. The number of urea groups is 1. The molecule has 0 radical (unpaired) electrons. The largest absolute Gasteiger partial charge is 0.335 e. The van der Waals surface area contributed by atoms with Crippen LogP contribution in [0.15, 0.2) is 16.6 Å². The minimum Gasteiger partial charge on any atom is -0.277 e. The van der Waals surface area contributed by atoms with Gasteiger partial charge in [0.25, 0.3) is 0 Å². The van der Waals surface area contributed by atoms with Gasteiger partial charge in [0, 0.05) is 4.47 Å². The molecule has 2 rings (SSSR count). The normalized spacial score (nSPS) is 15.9. The molecule has 0 bridgehead atoms. The van der Waals surface area contributed by atoms with E-state index in [0.717, 1.165) is 12.1 Å². The van der Waals surface area contributed by atoms with Crippen molar-refractivity contribution in [2.45, 2.75) is 6.42 Å². The van der Waals surface area contributed by atoms with Crippen molar-refractivity contribution in [3.63, 3.8) is 0 Å². The first-order chi connectivity index (χ1) is 8.40. The number of barbiturate groups is 1. The number of nitrogens with one attached hydrogen (secondary N) is 1. The van der Waals surface area contributed by atoms with E-state index in [9.17, 15) is 18.8 Å². The minimum absolute atomic E-state index is 0.00747. The van der Waals surface area contributed by atoms with Gasteiger partial charge in [-0.15, -0.1) is 0 Å². The Kier molecular flexibility index (Phi) is 3.36. The summed E-state index contributed by atoms with van der Waals surface area (Å²) < 4.78 is 13.2. The number of rotatable bonds is 1. The number of hydrogen-bond acceptors (Lipinski definition) is 3. The summed E-state index contributed by atoms with van der Waals surface area (Å²) in [6.07, 6.45) is -0.466. The smallest absolute Gasteiger partial charge is 0.277 e. The fraction of sp³-hybridized carbons (Fsp3) is 0.100. The number of imide groups is 2. The molecule has 0 atom stereocenters. The summed E-state index contributed by atoms with van der Waals surface area (Å²) in [5, 5.41) is 1.87. The van der Waals surface area contributed by atoms with Crippen molar-refractivity contribution >= 4 is 51.1 Å². The number of amides is 4.